The topological polar surface area (TPSA) is 15.3 Å². The summed E-state index contributed by atoms with van der Waals surface area (Å²) in [5.41, 5.74) is 0.988. The van der Waals surface area contributed by atoms with Crippen LogP contribution in [0.25, 0.3) is 0 Å². The molecule has 0 heterocycles. The zero-order valence-corrected chi connectivity index (χ0v) is 11.8. The van der Waals surface area contributed by atoms with Crippen LogP contribution in [0.4, 0.5) is 4.39 Å². The van der Waals surface area contributed by atoms with Crippen molar-refractivity contribution in [3.63, 3.8) is 0 Å². The lowest BCUT2D eigenvalue weighted by atomic mass is 10.1. The van der Waals surface area contributed by atoms with Crippen LogP contribution in [0.15, 0.2) is 23.1 Å². The Bertz CT molecular complexity index is 355. The predicted molar refractivity (Wildman–Crippen MR) is 73.2 cm³/mol. The monoisotopic (exact) mass is 256 g/mol. The molecule has 0 aliphatic carbocycles. The molecule has 0 fully saturated rings. The Hall–Kier alpha value is -0.580. The first kappa shape index (κ1) is 14.5. The van der Waals surface area contributed by atoms with Gasteiger partial charge >= 0.3 is 0 Å². The first-order valence-electron chi connectivity index (χ1n) is 5.79. The third kappa shape index (κ3) is 4.66. The molecule has 0 saturated carbocycles. The van der Waals surface area contributed by atoms with Gasteiger partial charge in [0.05, 0.1) is 0 Å². The first-order chi connectivity index (χ1) is 8.04. The highest BCUT2D eigenvalue weighted by molar-refractivity contribution is 7.99. The number of halogens is 1. The Labute approximate surface area is 108 Å². The molecule has 0 amide bonds. The van der Waals surface area contributed by atoms with Crippen molar-refractivity contribution in [2.45, 2.75) is 17.9 Å². The molecule has 1 aromatic carbocycles. The van der Waals surface area contributed by atoms with E-state index in [1.165, 1.54) is 0 Å². The summed E-state index contributed by atoms with van der Waals surface area (Å²) in [5.74, 6) is 0.790. The molecule has 0 bridgehead atoms. The van der Waals surface area contributed by atoms with Crippen molar-refractivity contribution < 1.29 is 4.39 Å². The van der Waals surface area contributed by atoms with Gasteiger partial charge in [0.2, 0.25) is 0 Å². The van der Waals surface area contributed by atoms with Crippen LogP contribution >= 0.6 is 11.8 Å². The van der Waals surface area contributed by atoms with E-state index in [1.807, 2.05) is 40.2 Å². The van der Waals surface area contributed by atoms with E-state index < -0.39 is 0 Å². The fraction of sp³-hybridized carbons (Fsp3) is 0.538. The van der Waals surface area contributed by atoms with E-state index >= 15 is 0 Å². The molecule has 0 aromatic heterocycles. The summed E-state index contributed by atoms with van der Waals surface area (Å²) in [5, 5.41) is 3.11. The lowest BCUT2D eigenvalue weighted by molar-refractivity contribution is 0.437. The summed E-state index contributed by atoms with van der Waals surface area (Å²) in [6.07, 6.45) is 0. The van der Waals surface area contributed by atoms with Crippen LogP contribution in [0, 0.1) is 5.82 Å². The van der Waals surface area contributed by atoms with Crippen molar-refractivity contribution >= 4 is 11.8 Å². The maximum absolute atomic E-state index is 13.8. The van der Waals surface area contributed by atoms with Gasteiger partial charge in [-0.3, -0.25) is 0 Å². The molecule has 2 nitrogen and oxygen atoms in total. The lowest BCUT2D eigenvalue weighted by Crippen LogP contribution is -2.15. The van der Waals surface area contributed by atoms with Crippen LogP contribution in [0.1, 0.15) is 18.5 Å². The Balaban J connectivity index is 2.63. The second-order valence-corrected chi connectivity index (χ2v) is 5.49. The molecule has 1 rings (SSSR count). The van der Waals surface area contributed by atoms with Crippen LogP contribution in [0.5, 0.6) is 0 Å². The molecule has 17 heavy (non-hydrogen) atoms. The summed E-state index contributed by atoms with van der Waals surface area (Å²) in [6, 6.07) is 5.67. The van der Waals surface area contributed by atoms with Crippen molar-refractivity contribution in [1.29, 1.82) is 0 Å². The molecule has 96 valence electrons. The summed E-state index contributed by atoms with van der Waals surface area (Å²) >= 11 is 1.57. The number of rotatable bonds is 6. The van der Waals surface area contributed by atoms with Crippen molar-refractivity contribution in [3.8, 4) is 0 Å². The summed E-state index contributed by atoms with van der Waals surface area (Å²) in [7, 11) is 5.92. The Morgan fingerprint density at radius 3 is 2.65 bits per heavy atom. The zero-order valence-electron chi connectivity index (χ0n) is 11.0. The minimum Gasteiger partial charge on any atom is -0.313 e. The highest BCUT2D eigenvalue weighted by Crippen LogP contribution is 2.24. The number of nitrogens with zero attached hydrogens (tertiary/aromatic N) is 1. The van der Waals surface area contributed by atoms with E-state index in [4.69, 9.17) is 0 Å². The van der Waals surface area contributed by atoms with Gasteiger partial charge in [-0.15, -0.1) is 11.8 Å². The normalized spacial score (nSPS) is 13.1. The van der Waals surface area contributed by atoms with E-state index in [-0.39, 0.29) is 11.9 Å². The molecular formula is C13H21FN2S. The molecule has 1 unspecified atom stereocenters. The molecule has 1 N–H and O–H groups in total. The number of hydrogen-bond donors (Lipinski definition) is 1. The average Bonchev–Trinajstić information content (AvgIpc) is 2.29. The van der Waals surface area contributed by atoms with Crippen molar-refractivity contribution in [1.82, 2.24) is 10.2 Å². The largest absolute Gasteiger partial charge is 0.313 e. The fourth-order valence-corrected chi connectivity index (χ4v) is 2.45. The molecule has 0 aliphatic rings. The molecule has 0 saturated heterocycles. The number of thioether (sulfide) groups is 1. The van der Waals surface area contributed by atoms with E-state index in [2.05, 4.69) is 10.2 Å². The van der Waals surface area contributed by atoms with Gasteiger partial charge in [-0.25, -0.2) is 4.39 Å². The summed E-state index contributed by atoms with van der Waals surface area (Å²) in [4.78, 5) is 2.83. The number of nitrogens with one attached hydrogen (secondary N) is 1. The van der Waals surface area contributed by atoms with Gasteiger partial charge in [0, 0.05) is 23.2 Å². The minimum atomic E-state index is -0.117. The van der Waals surface area contributed by atoms with E-state index in [1.54, 1.807) is 17.8 Å². The van der Waals surface area contributed by atoms with Gasteiger partial charge < -0.3 is 10.2 Å². The Kier molecular flexibility index (Phi) is 5.95. The van der Waals surface area contributed by atoms with Gasteiger partial charge in [0.25, 0.3) is 0 Å². The lowest BCUT2D eigenvalue weighted by Gasteiger charge is -2.13. The Morgan fingerprint density at radius 2 is 2.12 bits per heavy atom. The van der Waals surface area contributed by atoms with Gasteiger partial charge in [-0.1, -0.05) is 6.07 Å². The van der Waals surface area contributed by atoms with E-state index in [0.717, 1.165) is 22.8 Å². The van der Waals surface area contributed by atoms with Gasteiger partial charge in [0.15, 0.2) is 0 Å². The van der Waals surface area contributed by atoms with Gasteiger partial charge in [-0.2, -0.15) is 0 Å². The molecule has 1 atom stereocenters. The summed E-state index contributed by atoms with van der Waals surface area (Å²) in [6.45, 7) is 2.98. The molecule has 4 heteroatoms. The molecule has 1 aromatic rings. The van der Waals surface area contributed by atoms with Crippen LogP contribution in [-0.4, -0.2) is 38.3 Å². The highest BCUT2D eigenvalue weighted by atomic mass is 32.2. The second-order valence-electron chi connectivity index (χ2n) is 4.35. The van der Waals surface area contributed by atoms with Gasteiger partial charge in [0.1, 0.15) is 5.82 Å². The number of benzene rings is 1. The maximum atomic E-state index is 13.8. The zero-order chi connectivity index (χ0) is 12.8. The quantitative estimate of drug-likeness (QED) is 0.788. The van der Waals surface area contributed by atoms with Crippen molar-refractivity contribution in [3.05, 3.63) is 29.6 Å². The average molecular weight is 256 g/mol. The van der Waals surface area contributed by atoms with Gasteiger partial charge in [-0.05, 0) is 45.8 Å². The van der Waals surface area contributed by atoms with Crippen molar-refractivity contribution in [2.24, 2.45) is 0 Å². The maximum Gasteiger partial charge on any atom is 0.137 e. The smallest absolute Gasteiger partial charge is 0.137 e. The van der Waals surface area contributed by atoms with Crippen LogP contribution < -0.4 is 5.32 Å². The third-order valence-electron chi connectivity index (χ3n) is 2.69. The van der Waals surface area contributed by atoms with Crippen molar-refractivity contribution in [2.75, 3.05) is 33.4 Å². The van der Waals surface area contributed by atoms with E-state index in [0.29, 0.717) is 0 Å². The third-order valence-corrected chi connectivity index (χ3v) is 3.71. The molecule has 0 radical (unpaired) electrons. The molecule has 0 aliphatic heterocycles. The SMILES string of the molecule is CNC(C)c1ccc(SCCN(C)C)c(F)c1. The number of hydrogen-bond acceptors (Lipinski definition) is 3. The summed E-state index contributed by atoms with van der Waals surface area (Å²) < 4.78 is 13.8. The second kappa shape index (κ2) is 6.99. The Morgan fingerprint density at radius 1 is 1.41 bits per heavy atom. The van der Waals surface area contributed by atoms with Crippen LogP contribution in [0.2, 0.25) is 0 Å². The molecule has 0 spiro atoms. The predicted octanol–water partition coefficient (Wildman–Crippen LogP) is 2.76. The van der Waals surface area contributed by atoms with Crippen LogP contribution in [-0.2, 0) is 0 Å². The minimum absolute atomic E-state index is 0.117. The fourth-order valence-electron chi connectivity index (χ4n) is 1.41. The van der Waals surface area contributed by atoms with E-state index in [9.17, 15) is 4.39 Å². The highest BCUT2D eigenvalue weighted by Gasteiger charge is 2.08. The first-order valence-corrected chi connectivity index (χ1v) is 6.77. The van der Waals surface area contributed by atoms with Crippen LogP contribution in [0.3, 0.4) is 0 Å². The standard InChI is InChI=1S/C13H21FN2S/c1-10(15-2)11-5-6-13(12(14)9-11)17-8-7-16(3)4/h5-6,9-10,15H,7-8H2,1-4H3. The molecular weight excluding hydrogens is 235 g/mol.